The molecule has 0 amide bonds. The van der Waals surface area contributed by atoms with Gasteiger partial charge < -0.3 is 19.1 Å². The number of carbonyl (C=O) groups is 1. The number of methoxy groups -OCH3 is 2. The average Bonchev–Trinajstić information content (AvgIpc) is 3.25. The molecule has 7 rings (SSSR count). The summed E-state index contributed by atoms with van der Waals surface area (Å²) in [5.41, 5.74) is 3.74. The van der Waals surface area contributed by atoms with Crippen molar-refractivity contribution < 1.29 is 27.4 Å². The summed E-state index contributed by atoms with van der Waals surface area (Å²) in [6.45, 7) is 2.07. The molecule has 2 aromatic carbocycles. The number of sulfone groups is 1. The molecular formula is C37H44ClN3O6S. The molecule has 1 spiro atoms. The number of rotatable bonds is 8. The minimum absolute atomic E-state index is 0.0472. The molecule has 3 aliphatic carbocycles. The highest BCUT2D eigenvalue weighted by Crippen LogP contribution is 2.48. The smallest absolute Gasteiger partial charge is 0.337 e. The Morgan fingerprint density at radius 1 is 1.08 bits per heavy atom. The topological polar surface area (TPSA) is 108 Å². The summed E-state index contributed by atoms with van der Waals surface area (Å²) in [6.07, 6.45) is 11.0. The zero-order valence-corrected chi connectivity index (χ0v) is 29.2. The number of nitrogens with zero attached hydrogens (tertiary/aromatic N) is 3. The number of hydrogen-bond donors (Lipinski definition) is 0. The Kier molecular flexibility index (Phi) is 9.43. The number of hydrogen-bond acceptors (Lipinski definition) is 9. The van der Waals surface area contributed by atoms with Crippen LogP contribution in [-0.4, -0.2) is 69.6 Å². The van der Waals surface area contributed by atoms with E-state index in [4.69, 9.17) is 25.8 Å². The molecule has 6 atom stereocenters. The summed E-state index contributed by atoms with van der Waals surface area (Å²) in [5.74, 6) is 1.15. The first-order valence-corrected chi connectivity index (χ1v) is 19.1. The minimum atomic E-state index is -3.63. The van der Waals surface area contributed by atoms with Gasteiger partial charge in [-0.25, -0.2) is 23.2 Å². The number of esters is 1. The van der Waals surface area contributed by atoms with Gasteiger partial charge in [0.2, 0.25) is 15.0 Å². The number of anilines is 1. The van der Waals surface area contributed by atoms with Crippen LogP contribution in [0.25, 0.3) is 0 Å². The molecule has 1 aromatic heterocycles. The molecule has 0 N–H and O–H groups in total. The van der Waals surface area contributed by atoms with Gasteiger partial charge in [0.05, 0.1) is 36.3 Å². The highest BCUT2D eigenvalue weighted by molar-refractivity contribution is 7.91. The third-order valence-corrected chi connectivity index (χ3v) is 13.7. The number of fused-ring (bicyclic) bond motifs is 3. The first kappa shape index (κ1) is 33.3. The number of aromatic nitrogens is 2. The molecule has 4 aliphatic rings. The monoisotopic (exact) mass is 693 g/mol. The van der Waals surface area contributed by atoms with Crippen molar-refractivity contribution >= 4 is 33.1 Å². The van der Waals surface area contributed by atoms with Crippen molar-refractivity contribution in [2.24, 2.45) is 17.8 Å². The third kappa shape index (κ3) is 6.20. The van der Waals surface area contributed by atoms with Crippen molar-refractivity contribution in [2.45, 2.75) is 79.7 Å². The first-order valence-electron chi connectivity index (χ1n) is 17.1. The summed E-state index contributed by atoms with van der Waals surface area (Å²) in [6, 6.07) is 13.5. The van der Waals surface area contributed by atoms with Gasteiger partial charge in [-0.2, -0.15) is 0 Å². The predicted molar refractivity (Wildman–Crippen MR) is 184 cm³/mol. The Labute approximate surface area is 288 Å². The summed E-state index contributed by atoms with van der Waals surface area (Å²) < 4.78 is 45.0. The van der Waals surface area contributed by atoms with Crippen LogP contribution in [0.15, 0.2) is 60.0 Å². The number of benzene rings is 2. The number of aryl methyl sites for hydroxylation is 1. The van der Waals surface area contributed by atoms with Crippen LogP contribution in [0.1, 0.15) is 72.9 Å². The maximum atomic E-state index is 13.5. The number of halogens is 1. The molecule has 2 fully saturated rings. The van der Waals surface area contributed by atoms with E-state index in [0.29, 0.717) is 36.8 Å². The minimum Gasteiger partial charge on any atom is -0.490 e. The first-order chi connectivity index (χ1) is 23.2. The van der Waals surface area contributed by atoms with E-state index >= 15 is 0 Å². The SMILES string of the molecule is COC(=O)c1ccc2c(c1)N(C[C@@H]1CC[C@H]1[C@@H](OC)[C@@H]1CCC[C@H](S(=O)(=O)c3ncccn3)C1)C[C@@]1(CCCc3cc(Cl)ccc31)CO2. The number of ether oxygens (including phenoxy) is 3. The van der Waals surface area contributed by atoms with Gasteiger partial charge in [-0.15, -0.1) is 0 Å². The Morgan fingerprint density at radius 2 is 1.92 bits per heavy atom. The van der Waals surface area contributed by atoms with E-state index in [1.54, 1.807) is 19.2 Å². The molecule has 256 valence electrons. The quantitative estimate of drug-likeness (QED) is 0.194. The van der Waals surface area contributed by atoms with E-state index in [9.17, 15) is 13.2 Å². The summed E-state index contributed by atoms with van der Waals surface area (Å²) in [5, 5.41) is 0.154. The van der Waals surface area contributed by atoms with E-state index in [1.165, 1.54) is 30.6 Å². The summed E-state index contributed by atoms with van der Waals surface area (Å²) >= 11 is 6.45. The molecule has 0 bridgehead atoms. The average molecular weight is 694 g/mol. The fraction of sp³-hybridized carbons (Fsp3) is 0.541. The van der Waals surface area contributed by atoms with Gasteiger partial charge in [0, 0.05) is 43.0 Å². The lowest BCUT2D eigenvalue weighted by Crippen LogP contribution is -2.51. The molecule has 2 saturated carbocycles. The maximum Gasteiger partial charge on any atom is 0.337 e. The van der Waals surface area contributed by atoms with Gasteiger partial charge in [-0.3, -0.25) is 0 Å². The highest BCUT2D eigenvalue weighted by atomic mass is 35.5. The van der Waals surface area contributed by atoms with Crippen molar-refractivity contribution in [3.05, 3.63) is 76.6 Å². The Bertz CT molecular complexity index is 1760. The largest absolute Gasteiger partial charge is 0.490 e. The highest BCUT2D eigenvalue weighted by Gasteiger charge is 2.47. The zero-order chi connectivity index (χ0) is 33.5. The third-order valence-electron chi connectivity index (χ3n) is 11.5. The van der Waals surface area contributed by atoms with Gasteiger partial charge in [0.1, 0.15) is 5.75 Å². The molecule has 0 saturated heterocycles. The van der Waals surface area contributed by atoms with Gasteiger partial charge in [-0.1, -0.05) is 24.1 Å². The van der Waals surface area contributed by atoms with Gasteiger partial charge in [0.25, 0.3) is 0 Å². The molecule has 1 aliphatic heterocycles. The van der Waals surface area contributed by atoms with Crippen LogP contribution in [0, 0.1) is 17.8 Å². The standard InChI is InChI=1S/C37H44ClN3O6S/c1-45-34(25-6-3-8-29(19-25)48(43,44)36-39-16-5-17-40-36)30-12-9-27(30)21-41-22-37(15-4-7-24-18-28(38)11-13-31(24)37)23-47-33-14-10-26(20-32(33)41)35(42)46-2/h5,10-11,13-14,16-18,20,25,27,29-30,34H,3-4,6-9,12,15,19,21-23H2,1-2H3/t25-,27+,29+,30-,34+,37+/m1/s1. The second kappa shape index (κ2) is 13.6. The molecule has 0 unspecified atom stereocenters. The maximum absolute atomic E-state index is 13.5. The predicted octanol–water partition coefficient (Wildman–Crippen LogP) is 6.46. The van der Waals surface area contributed by atoms with Crippen LogP contribution in [-0.2, 0) is 31.1 Å². The van der Waals surface area contributed by atoms with Crippen molar-refractivity contribution in [2.75, 3.05) is 38.8 Å². The van der Waals surface area contributed by atoms with E-state index < -0.39 is 15.1 Å². The molecule has 2 heterocycles. The zero-order valence-electron chi connectivity index (χ0n) is 27.6. The van der Waals surface area contributed by atoms with Crippen LogP contribution in [0.2, 0.25) is 5.02 Å². The van der Waals surface area contributed by atoms with Gasteiger partial charge >= 0.3 is 5.97 Å². The van der Waals surface area contributed by atoms with E-state index in [0.717, 1.165) is 74.5 Å². The van der Waals surface area contributed by atoms with Crippen LogP contribution in [0.3, 0.4) is 0 Å². The lowest BCUT2D eigenvalue weighted by Gasteiger charge is -2.48. The van der Waals surface area contributed by atoms with Gasteiger partial charge in [0.15, 0.2) is 0 Å². The molecule has 11 heteroatoms. The van der Waals surface area contributed by atoms with E-state index in [1.807, 2.05) is 18.2 Å². The summed E-state index contributed by atoms with van der Waals surface area (Å²) in [4.78, 5) is 23.2. The number of carbonyl (C=O) groups excluding carboxylic acids is 1. The Hall–Kier alpha value is -3.21. The lowest BCUT2D eigenvalue weighted by molar-refractivity contribution is -0.0589. The van der Waals surface area contributed by atoms with E-state index in [2.05, 4.69) is 27.0 Å². The molecule has 48 heavy (non-hydrogen) atoms. The van der Waals surface area contributed by atoms with Crippen LogP contribution >= 0.6 is 11.6 Å². The molecular weight excluding hydrogens is 650 g/mol. The van der Waals surface area contributed by atoms with Crippen molar-refractivity contribution in [1.29, 1.82) is 0 Å². The molecule has 9 nitrogen and oxygen atoms in total. The second-order valence-corrected chi connectivity index (χ2v) is 16.7. The van der Waals surface area contributed by atoms with Crippen molar-refractivity contribution in [1.82, 2.24) is 9.97 Å². The van der Waals surface area contributed by atoms with Crippen molar-refractivity contribution in [3.8, 4) is 5.75 Å². The van der Waals surface area contributed by atoms with Gasteiger partial charge in [-0.05, 0) is 117 Å². The lowest BCUT2D eigenvalue weighted by atomic mass is 9.65. The summed E-state index contributed by atoms with van der Waals surface area (Å²) in [7, 11) is -0.452. The van der Waals surface area contributed by atoms with Crippen LogP contribution in [0.4, 0.5) is 5.69 Å². The normalized spacial score (nSPS) is 27.5. The van der Waals surface area contributed by atoms with Crippen LogP contribution < -0.4 is 9.64 Å². The fourth-order valence-corrected chi connectivity index (χ4v) is 10.8. The van der Waals surface area contributed by atoms with E-state index in [-0.39, 0.29) is 28.6 Å². The Morgan fingerprint density at radius 3 is 2.67 bits per heavy atom. The van der Waals surface area contributed by atoms with Crippen molar-refractivity contribution in [3.63, 3.8) is 0 Å². The molecule has 3 aromatic rings. The van der Waals surface area contributed by atoms with Crippen LogP contribution in [0.5, 0.6) is 5.75 Å². The second-order valence-electron chi connectivity index (χ2n) is 14.1. The Balaban J connectivity index is 1.16. The molecule has 0 radical (unpaired) electrons. The fourth-order valence-electron chi connectivity index (χ4n) is 8.96.